The Balaban J connectivity index is 1.51. The maximum atomic E-state index is 14.4. The third-order valence-corrected chi connectivity index (χ3v) is 6.80. The Labute approximate surface area is 197 Å². The fourth-order valence-corrected chi connectivity index (χ4v) is 4.31. The van der Waals surface area contributed by atoms with Crippen LogP contribution in [0.4, 0.5) is 27.5 Å². The first-order valence-electron chi connectivity index (χ1n) is 10.4. The number of sulfonamides is 1. The molecule has 0 amide bonds. The lowest BCUT2D eigenvalue weighted by atomic mass is 10.2. The molecule has 9 nitrogen and oxygen atoms in total. The van der Waals surface area contributed by atoms with Crippen LogP contribution in [0, 0.1) is 19.7 Å². The molecule has 176 valence electrons. The van der Waals surface area contributed by atoms with Crippen molar-refractivity contribution in [3.63, 3.8) is 0 Å². The number of aromatic nitrogens is 4. The third-order valence-electron chi connectivity index (χ3n) is 5.24. The van der Waals surface area contributed by atoms with Gasteiger partial charge in [0.25, 0.3) is 0 Å². The molecule has 4 aromatic rings. The normalized spacial score (nSPS) is 11.4. The molecule has 0 aliphatic carbocycles. The van der Waals surface area contributed by atoms with E-state index in [-0.39, 0.29) is 16.7 Å². The second-order valence-electron chi connectivity index (χ2n) is 7.63. The van der Waals surface area contributed by atoms with Gasteiger partial charge in [-0.25, -0.2) is 27.5 Å². The molecule has 0 atom stereocenters. The minimum atomic E-state index is -3.63. The molecule has 0 aliphatic rings. The van der Waals surface area contributed by atoms with Crippen LogP contribution in [0.15, 0.2) is 66.0 Å². The largest absolute Gasteiger partial charge is 0.338 e. The minimum Gasteiger partial charge on any atom is -0.338 e. The SMILES string of the molecule is CNS(=O)(=O)c1cc(Nc2ncc(F)c(Nc3ccc(Cn4ccnc4C)cc3)n2)ccc1C. The number of hydrogen-bond donors (Lipinski definition) is 3. The van der Waals surface area contributed by atoms with Gasteiger partial charge in [-0.05, 0) is 56.3 Å². The second kappa shape index (κ2) is 9.57. The van der Waals surface area contributed by atoms with E-state index in [4.69, 9.17) is 0 Å². The van der Waals surface area contributed by atoms with Crippen molar-refractivity contribution in [2.75, 3.05) is 17.7 Å². The lowest BCUT2D eigenvalue weighted by molar-refractivity contribution is 0.587. The lowest BCUT2D eigenvalue weighted by Gasteiger charge is -2.12. The summed E-state index contributed by atoms with van der Waals surface area (Å²) >= 11 is 0. The Kier molecular flexibility index (Phi) is 6.57. The van der Waals surface area contributed by atoms with Gasteiger partial charge < -0.3 is 15.2 Å². The molecule has 0 bridgehead atoms. The summed E-state index contributed by atoms with van der Waals surface area (Å²) in [6.45, 7) is 4.33. The fourth-order valence-electron chi connectivity index (χ4n) is 3.32. The Morgan fingerprint density at radius 3 is 2.41 bits per heavy atom. The first-order chi connectivity index (χ1) is 16.2. The lowest BCUT2D eigenvalue weighted by Crippen LogP contribution is -2.19. The van der Waals surface area contributed by atoms with Gasteiger partial charge in [0.2, 0.25) is 16.0 Å². The molecule has 0 aliphatic heterocycles. The number of anilines is 4. The number of aryl methyl sites for hydroxylation is 2. The smallest absolute Gasteiger partial charge is 0.240 e. The Morgan fingerprint density at radius 2 is 1.74 bits per heavy atom. The highest BCUT2D eigenvalue weighted by molar-refractivity contribution is 7.89. The molecule has 2 aromatic carbocycles. The number of nitrogens with zero attached hydrogens (tertiary/aromatic N) is 4. The molecule has 34 heavy (non-hydrogen) atoms. The molecule has 0 unspecified atom stereocenters. The van der Waals surface area contributed by atoms with E-state index in [9.17, 15) is 12.8 Å². The van der Waals surface area contributed by atoms with Crippen molar-refractivity contribution in [2.45, 2.75) is 25.3 Å². The Bertz CT molecular complexity index is 1420. The summed E-state index contributed by atoms with van der Waals surface area (Å²) in [5.41, 5.74) is 2.78. The van der Waals surface area contributed by atoms with E-state index in [0.29, 0.717) is 23.5 Å². The first kappa shape index (κ1) is 23.3. The van der Waals surface area contributed by atoms with Crippen molar-refractivity contribution in [2.24, 2.45) is 0 Å². The van der Waals surface area contributed by atoms with Crippen molar-refractivity contribution in [1.29, 1.82) is 0 Å². The second-order valence-corrected chi connectivity index (χ2v) is 9.48. The number of hydrogen-bond acceptors (Lipinski definition) is 7. The van der Waals surface area contributed by atoms with Crippen molar-refractivity contribution in [1.82, 2.24) is 24.2 Å². The highest BCUT2D eigenvalue weighted by Gasteiger charge is 2.16. The Hall–Kier alpha value is -3.83. The van der Waals surface area contributed by atoms with Gasteiger partial charge in [0.15, 0.2) is 11.6 Å². The zero-order chi connectivity index (χ0) is 24.3. The van der Waals surface area contributed by atoms with E-state index >= 15 is 0 Å². The molecule has 0 radical (unpaired) electrons. The Morgan fingerprint density at radius 1 is 1.00 bits per heavy atom. The fraction of sp³-hybridized carbons (Fsp3) is 0.174. The number of benzene rings is 2. The van der Waals surface area contributed by atoms with Crippen LogP contribution in [-0.2, 0) is 16.6 Å². The van der Waals surface area contributed by atoms with Gasteiger partial charge in [-0.15, -0.1) is 0 Å². The molecule has 0 fully saturated rings. The summed E-state index contributed by atoms with van der Waals surface area (Å²) in [7, 11) is -2.28. The minimum absolute atomic E-state index is 0.00844. The third kappa shape index (κ3) is 5.21. The van der Waals surface area contributed by atoms with Crippen molar-refractivity contribution in [3.05, 3.63) is 83.8 Å². The molecule has 0 saturated heterocycles. The zero-order valence-electron chi connectivity index (χ0n) is 18.9. The molecule has 11 heteroatoms. The topological polar surface area (TPSA) is 114 Å². The van der Waals surface area contributed by atoms with E-state index in [1.807, 2.05) is 42.0 Å². The van der Waals surface area contributed by atoms with Crippen molar-refractivity contribution < 1.29 is 12.8 Å². The van der Waals surface area contributed by atoms with E-state index in [0.717, 1.165) is 17.6 Å². The molecular formula is C23H24FN7O2S. The van der Waals surface area contributed by atoms with E-state index in [1.54, 1.807) is 25.3 Å². The predicted molar refractivity (Wildman–Crippen MR) is 128 cm³/mol. The average molecular weight is 482 g/mol. The molecule has 0 spiro atoms. The summed E-state index contributed by atoms with van der Waals surface area (Å²) in [6.07, 6.45) is 4.72. The van der Waals surface area contributed by atoms with Gasteiger partial charge in [-0.3, -0.25) is 0 Å². The van der Waals surface area contributed by atoms with Crippen LogP contribution in [0.5, 0.6) is 0 Å². The maximum Gasteiger partial charge on any atom is 0.240 e. The van der Waals surface area contributed by atoms with E-state index in [2.05, 4.69) is 30.3 Å². The average Bonchev–Trinajstić information content (AvgIpc) is 3.22. The van der Waals surface area contributed by atoms with Crippen LogP contribution < -0.4 is 15.4 Å². The maximum absolute atomic E-state index is 14.4. The number of rotatable bonds is 8. The molecule has 2 heterocycles. The standard InChI is InChI=1S/C23H24FN7O2S/c1-15-4-7-19(12-21(15)34(32,33)25-3)29-23-27-13-20(24)22(30-23)28-18-8-5-17(6-9-18)14-31-11-10-26-16(31)2/h4-13,25H,14H2,1-3H3,(H2,27,28,29,30). The van der Waals surface area contributed by atoms with Crippen LogP contribution in [0.3, 0.4) is 0 Å². The summed E-state index contributed by atoms with van der Waals surface area (Å²) < 4.78 is 43.2. The summed E-state index contributed by atoms with van der Waals surface area (Å²) in [6, 6.07) is 12.4. The quantitative estimate of drug-likeness (QED) is 0.350. The van der Waals surface area contributed by atoms with Crippen molar-refractivity contribution in [3.8, 4) is 0 Å². The van der Waals surface area contributed by atoms with Gasteiger partial charge in [0.05, 0.1) is 11.1 Å². The zero-order valence-corrected chi connectivity index (χ0v) is 19.7. The van der Waals surface area contributed by atoms with Crippen LogP contribution in [0.25, 0.3) is 0 Å². The van der Waals surface area contributed by atoms with Crippen LogP contribution in [0.2, 0.25) is 0 Å². The van der Waals surface area contributed by atoms with Gasteiger partial charge >= 0.3 is 0 Å². The van der Waals surface area contributed by atoms with Gasteiger partial charge in [0.1, 0.15) is 5.82 Å². The van der Waals surface area contributed by atoms with Gasteiger partial charge in [0, 0.05) is 30.3 Å². The summed E-state index contributed by atoms with van der Waals surface area (Å²) in [5, 5.41) is 5.89. The molecular weight excluding hydrogens is 457 g/mol. The van der Waals surface area contributed by atoms with E-state index < -0.39 is 15.8 Å². The monoisotopic (exact) mass is 481 g/mol. The molecule has 2 aromatic heterocycles. The first-order valence-corrected chi connectivity index (χ1v) is 11.9. The summed E-state index contributed by atoms with van der Waals surface area (Å²) in [5.74, 6) is 0.416. The molecule has 3 N–H and O–H groups in total. The van der Waals surface area contributed by atoms with Crippen molar-refractivity contribution >= 4 is 33.2 Å². The van der Waals surface area contributed by atoms with Crippen LogP contribution >= 0.6 is 0 Å². The number of nitrogens with one attached hydrogen (secondary N) is 3. The van der Waals surface area contributed by atoms with Crippen LogP contribution in [0.1, 0.15) is 17.0 Å². The molecule has 4 rings (SSSR count). The number of halogens is 1. The van der Waals surface area contributed by atoms with Gasteiger partial charge in [-0.1, -0.05) is 18.2 Å². The predicted octanol–water partition coefficient (Wildman–Crippen LogP) is 3.87. The number of imidazole rings is 1. The van der Waals surface area contributed by atoms with Gasteiger partial charge in [-0.2, -0.15) is 4.98 Å². The molecule has 0 saturated carbocycles. The summed E-state index contributed by atoms with van der Waals surface area (Å²) in [4.78, 5) is 12.5. The van der Waals surface area contributed by atoms with Crippen LogP contribution in [-0.4, -0.2) is 35.0 Å². The highest BCUT2D eigenvalue weighted by atomic mass is 32.2. The highest BCUT2D eigenvalue weighted by Crippen LogP contribution is 2.24. The van der Waals surface area contributed by atoms with E-state index in [1.165, 1.54) is 13.1 Å².